The van der Waals surface area contributed by atoms with E-state index in [0.29, 0.717) is 6.54 Å². The number of hydrogen-bond acceptors (Lipinski definition) is 2. The zero-order valence-corrected chi connectivity index (χ0v) is 15.9. The molecule has 0 aliphatic carbocycles. The lowest BCUT2D eigenvalue weighted by Gasteiger charge is -2.57. The number of carbonyl (C=O) groups is 2. The van der Waals surface area contributed by atoms with Gasteiger partial charge in [-0.1, -0.05) is 32.0 Å². The van der Waals surface area contributed by atoms with Crippen molar-refractivity contribution in [2.75, 3.05) is 19.6 Å². The molecule has 1 aromatic carbocycles. The van der Waals surface area contributed by atoms with Gasteiger partial charge in [-0.3, -0.25) is 9.59 Å². The minimum Gasteiger partial charge on any atom is -0.340 e. The van der Waals surface area contributed by atoms with Crippen LogP contribution in [0.25, 0.3) is 10.9 Å². The highest BCUT2D eigenvalue weighted by molar-refractivity contribution is 5.98. The van der Waals surface area contributed by atoms with Crippen LogP contribution in [0.3, 0.4) is 0 Å². The molecule has 2 aromatic rings. The first-order valence-corrected chi connectivity index (χ1v) is 9.58. The number of para-hydroxylation sites is 1. The van der Waals surface area contributed by atoms with Gasteiger partial charge in [0.15, 0.2) is 0 Å². The molecule has 0 bridgehead atoms. The van der Waals surface area contributed by atoms with E-state index in [1.807, 2.05) is 65.6 Å². The smallest absolute Gasteiger partial charge is 0.270 e. The Bertz CT molecular complexity index is 869. The number of rotatable bonds is 2. The summed E-state index contributed by atoms with van der Waals surface area (Å²) < 4.78 is 1.98. The monoisotopic (exact) mass is 353 g/mol. The van der Waals surface area contributed by atoms with Crippen LogP contribution in [0.5, 0.6) is 0 Å². The van der Waals surface area contributed by atoms with Crippen molar-refractivity contribution in [3.8, 4) is 0 Å². The predicted octanol–water partition coefficient (Wildman–Crippen LogP) is 3.04. The maximum atomic E-state index is 13.2. The second-order valence-electron chi connectivity index (χ2n) is 8.10. The number of carbonyl (C=O) groups excluding carboxylic acids is 2. The number of hydrogen-bond donors (Lipinski definition) is 0. The van der Waals surface area contributed by atoms with Gasteiger partial charge in [0.2, 0.25) is 5.91 Å². The quantitative estimate of drug-likeness (QED) is 0.833. The minimum absolute atomic E-state index is 0.0106. The van der Waals surface area contributed by atoms with Crippen molar-refractivity contribution in [1.29, 1.82) is 0 Å². The fourth-order valence-electron chi connectivity index (χ4n) is 4.56. The molecule has 0 N–H and O–H groups in total. The van der Waals surface area contributed by atoms with Gasteiger partial charge in [0.05, 0.1) is 5.54 Å². The molecule has 1 atom stereocenters. The van der Waals surface area contributed by atoms with Crippen molar-refractivity contribution < 1.29 is 9.59 Å². The maximum absolute atomic E-state index is 13.2. The van der Waals surface area contributed by atoms with Gasteiger partial charge in [-0.2, -0.15) is 0 Å². The first-order chi connectivity index (χ1) is 12.4. The third kappa shape index (κ3) is 2.52. The van der Waals surface area contributed by atoms with Gasteiger partial charge in [-0.15, -0.1) is 0 Å². The summed E-state index contributed by atoms with van der Waals surface area (Å²) in [5.41, 5.74) is 1.66. The molecule has 0 radical (unpaired) electrons. The van der Waals surface area contributed by atoms with Crippen molar-refractivity contribution >= 4 is 22.7 Å². The summed E-state index contributed by atoms with van der Waals surface area (Å²) in [6, 6.07) is 10.1. The first-order valence-electron chi connectivity index (χ1n) is 9.58. The lowest BCUT2D eigenvalue weighted by molar-refractivity contribution is -0.155. The van der Waals surface area contributed by atoms with Crippen molar-refractivity contribution in [1.82, 2.24) is 14.4 Å². The molecule has 1 unspecified atom stereocenters. The Morgan fingerprint density at radius 1 is 1.12 bits per heavy atom. The zero-order valence-electron chi connectivity index (χ0n) is 15.9. The normalized spacial score (nSPS) is 22.9. The minimum atomic E-state index is -0.139. The van der Waals surface area contributed by atoms with Crippen LogP contribution in [0.1, 0.15) is 43.6 Å². The Morgan fingerprint density at radius 2 is 1.88 bits per heavy atom. The highest BCUT2D eigenvalue weighted by Crippen LogP contribution is 2.40. The average molecular weight is 353 g/mol. The molecule has 2 amide bonds. The molecule has 3 heterocycles. The maximum Gasteiger partial charge on any atom is 0.270 e. The molecule has 2 fully saturated rings. The van der Waals surface area contributed by atoms with Crippen molar-refractivity contribution in [2.45, 2.75) is 38.6 Å². The van der Waals surface area contributed by atoms with E-state index in [9.17, 15) is 9.59 Å². The van der Waals surface area contributed by atoms with Gasteiger partial charge < -0.3 is 14.4 Å². The van der Waals surface area contributed by atoms with E-state index in [-0.39, 0.29) is 23.3 Å². The summed E-state index contributed by atoms with van der Waals surface area (Å²) in [7, 11) is 1.95. The fraction of sp³-hybridized carbons (Fsp3) is 0.524. The van der Waals surface area contributed by atoms with Crippen LogP contribution in [0.2, 0.25) is 0 Å². The summed E-state index contributed by atoms with van der Waals surface area (Å²) in [4.78, 5) is 29.7. The predicted molar refractivity (Wildman–Crippen MR) is 102 cm³/mol. The van der Waals surface area contributed by atoms with E-state index < -0.39 is 0 Å². The molecule has 2 aliphatic rings. The number of benzene rings is 1. The topological polar surface area (TPSA) is 45.6 Å². The van der Waals surface area contributed by atoms with Crippen LogP contribution in [0.4, 0.5) is 0 Å². The van der Waals surface area contributed by atoms with E-state index in [2.05, 4.69) is 0 Å². The second-order valence-corrected chi connectivity index (χ2v) is 8.10. The molecular formula is C21H27N3O2. The SMILES string of the molecule is CC(C)C(=O)N1CCC12CCCN(C(=O)c1cc3ccccc3n1C)C2. The van der Waals surface area contributed by atoms with Gasteiger partial charge in [0.1, 0.15) is 5.69 Å². The lowest BCUT2D eigenvalue weighted by atomic mass is 9.77. The van der Waals surface area contributed by atoms with Gasteiger partial charge in [0.25, 0.3) is 5.91 Å². The molecule has 1 aromatic heterocycles. The highest BCUT2D eigenvalue weighted by Gasteiger charge is 2.50. The second kappa shape index (κ2) is 6.15. The van der Waals surface area contributed by atoms with Crippen molar-refractivity contribution in [2.24, 2.45) is 13.0 Å². The number of likely N-dealkylation sites (tertiary alicyclic amines) is 2. The van der Waals surface area contributed by atoms with Crippen LogP contribution < -0.4 is 0 Å². The molecule has 138 valence electrons. The van der Waals surface area contributed by atoms with Crippen LogP contribution in [0, 0.1) is 5.92 Å². The summed E-state index contributed by atoms with van der Waals surface area (Å²) >= 11 is 0. The van der Waals surface area contributed by atoms with E-state index in [1.165, 1.54) is 0 Å². The molecule has 5 nitrogen and oxygen atoms in total. The Hall–Kier alpha value is -2.30. The zero-order chi connectivity index (χ0) is 18.5. The Labute approximate surface area is 154 Å². The Balaban J connectivity index is 1.59. The fourth-order valence-corrected chi connectivity index (χ4v) is 4.56. The van der Waals surface area contributed by atoms with E-state index in [1.54, 1.807) is 0 Å². The molecule has 2 saturated heterocycles. The number of nitrogens with zero attached hydrogens (tertiary/aromatic N) is 3. The molecule has 2 aliphatic heterocycles. The highest BCUT2D eigenvalue weighted by atomic mass is 16.2. The summed E-state index contributed by atoms with van der Waals surface area (Å²) in [5, 5.41) is 1.09. The van der Waals surface area contributed by atoms with Crippen LogP contribution in [-0.4, -0.2) is 51.4 Å². The van der Waals surface area contributed by atoms with E-state index >= 15 is 0 Å². The molecular weight excluding hydrogens is 326 g/mol. The van der Waals surface area contributed by atoms with E-state index in [4.69, 9.17) is 0 Å². The van der Waals surface area contributed by atoms with Crippen LogP contribution in [0.15, 0.2) is 30.3 Å². The Kier molecular flexibility index (Phi) is 4.05. The number of piperidine rings is 1. The summed E-state index contributed by atoms with van der Waals surface area (Å²) in [6.45, 7) is 6.16. The molecule has 0 saturated carbocycles. The largest absolute Gasteiger partial charge is 0.340 e. The first kappa shape index (κ1) is 17.1. The standard InChI is InChI=1S/C21H27N3O2/c1-15(2)19(25)24-12-10-21(24)9-6-11-23(14-21)20(26)18-13-16-7-4-5-8-17(16)22(18)3/h4-5,7-8,13,15H,6,9-12,14H2,1-3H3. The number of fused-ring (bicyclic) bond motifs is 1. The van der Waals surface area contributed by atoms with Gasteiger partial charge in [0, 0.05) is 43.5 Å². The molecule has 5 heteroatoms. The number of aromatic nitrogens is 1. The van der Waals surface area contributed by atoms with Gasteiger partial charge in [-0.05, 0) is 31.4 Å². The number of aryl methyl sites for hydroxylation is 1. The van der Waals surface area contributed by atoms with Crippen LogP contribution >= 0.6 is 0 Å². The molecule has 4 rings (SSSR count). The van der Waals surface area contributed by atoms with Crippen molar-refractivity contribution in [3.63, 3.8) is 0 Å². The Morgan fingerprint density at radius 3 is 2.54 bits per heavy atom. The average Bonchev–Trinajstić information content (AvgIpc) is 2.97. The summed E-state index contributed by atoms with van der Waals surface area (Å²) in [5.74, 6) is 0.304. The third-order valence-corrected chi connectivity index (χ3v) is 6.15. The van der Waals surface area contributed by atoms with Gasteiger partial charge in [-0.25, -0.2) is 0 Å². The lowest BCUT2D eigenvalue weighted by Crippen LogP contribution is -2.69. The van der Waals surface area contributed by atoms with Crippen LogP contribution in [-0.2, 0) is 11.8 Å². The summed E-state index contributed by atoms with van der Waals surface area (Å²) in [6.07, 6.45) is 2.96. The van der Waals surface area contributed by atoms with Crippen molar-refractivity contribution in [3.05, 3.63) is 36.0 Å². The third-order valence-electron chi connectivity index (χ3n) is 6.15. The van der Waals surface area contributed by atoms with E-state index in [0.717, 1.165) is 48.9 Å². The molecule has 1 spiro atoms. The molecule has 26 heavy (non-hydrogen) atoms. The number of amides is 2. The van der Waals surface area contributed by atoms with Gasteiger partial charge >= 0.3 is 0 Å².